The van der Waals surface area contributed by atoms with E-state index in [2.05, 4.69) is 34.4 Å². The van der Waals surface area contributed by atoms with Crippen LogP contribution in [0.25, 0.3) is 0 Å². The zero-order valence-corrected chi connectivity index (χ0v) is 15.4. The number of allylic oxidation sites excluding steroid dienone is 2. The van der Waals surface area contributed by atoms with Gasteiger partial charge in [0.25, 0.3) is 0 Å². The van der Waals surface area contributed by atoms with E-state index in [0.29, 0.717) is 14.7 Å². The fourth-order valence-electron chi connectivity index (χ4n) is 2.28. The molecule has 0 aliphatic rings. The maximum atomic E-state index is 12.5. The first-order chi connectivity index (χ1) is 12.4. The molecule has 1 aromatic heterocycles. The monoisotopic (exact) mass is 420 g/mol. The minimum atomic E-state index is -0.873. The molecular formula is C17H17BrN4O4. The van der Waals surface area contributed by atoms with E-state index < -0.39 is 29.5 Å². The molecule has 8 nitrogen and oxygen atoms in total. The first kappa shape index (κ1) is 19.4. The van der Waals surface area contributed by atoms with Crippen LogP contribution in [0.3, 0.4) is 0 Å². The van der Waals surface area contributed by atoms with E-state index in [1.807, 2.05) is 0 Å². The van der Waals surface area contributed by atoms with Crippen LogP contribution in [0.1, 0.15) is 0 Å². The molecule has 1 amide bonds. The molecule has 0 spiro atoms. The van der Waals surface area contributed by atoms with Gasteiger partial charge in [0.2, 0.25) is 5.91 Å². The first-order valence-corrected chi connectivity index (χ1v) is 8.40. The minimum absolute atomic E-state index is 0.0824. The fourth-order valence-corrected chi connectivity index (χ4v) is 2.67. The Balaban J connectivity index is 2.47. The molecule has 0 radical (unpaired) electrons. The van der Waals surface area contributed by atoms with Gasteiger partial charge in [0.1, 0.15) is 6.54 Å². The van der Waals surface area contributed by atoms with Crippen LogP contribution in [0.2, 0.25) is 0 Å². The van der Waals surface area contributed by atoms with Gasteiger partial charge in [-0.15, -0.1) is 13.2 Å². The number of para-hydroxylation sites is 1. The van der Waals surface area contributed by atoms with Crippen LogP contribution in [0, 0.1) is 0 Å². The number of anilines is 1. The Morgan fingerprint density at radius 1 is 0.962 bits per heavy atom. The van der Waals surface area contributed by atoms with Crippen molar-refractivity contribution < 1.29 is 4.79 Å². The number of halogens is 1. The Kier molecular flexibility index (Phi) is 6.29. The van der Waals surface area contributed by atoms with Gasteiger partial charge < -0.3 is 5.32 Å². The van der Waals surface area contributed by atoms with Gasteiger partial charge in [-0.2, -0.15) is 0 Å². The molecule has 0 saturated heterocycles. The lowest BCUT2D eigenvalue weighted by molar-refractivity contribution is -0.116. The summed E-state index contributed by atoms with van der Waals surface area (Å²) in [7, 11) is 0. The van der Waals surface area contributed by atoms with Gasteiger partial charge in [-0.3, -0.25) is 4.79 Å². The van der Waals surface area contributed by atoms with E-state index in [9.17, 15) is 19.2 Å². The maximum absolute atomic E-state index is 12.5. The average Bonchev–Trinajstić information content (AvgIpc) is 2.61. The quantitative estimate of drug-likeness (QED) is 0.674. The number of aromatic nitrogens is 3. The number of benzene rings is 1. The Morgan fingerprint density at radius 3 is 1.96 bits per heavy atom. The van der Waals surface area contributed by atoms with Crippen LogP contribution >= 0.6 is 15.9 Å². The van der Waals surface area contributed by atoms with Gasteiger partial charge in [0.15, 0.2) is 0 Å². The summed E-state index contributed by atoms with van der Waals surface area (Å²) in [6.07, 6.45) is 2.72. The molecular weight excluding hydrogens is 404 g/mol. The summed E-state index contributed by atoms with van der Waals surface area (Å²) in [6.45, 7) is 6.29. The molecule has 26 heavy (non-hydrogen) atoms. The number of hydrogen-bond donors (Lipinski definition) is 1. The number of carbonyl (C=O) groups excluding carboxylic acids is 1. The van der Waals surface area contributed by atoms with Crippen LogP contribution in [0.4, 0.5) is 5.69 Å². The van der Waals surface area contributed by atoms with Gasteiger partial charge in [0.05, 0.1) is 18.8 Å². The summed E-state index contributed by atoms with van der Waals surface area (Å²) < 4.78 is 3.04. The van der Waals surface area contributed by atoms with Gasteiger partial charge in [-0.05, 0) is 28.1 Å². The van der Waals surface area contributed by atoms with Crippen molar-refractivity contribution in [1.82, 2.24) is 13.7 Å². The molecule has 0 fully saturated rings. The minimum Gasteiger partial charge on any atom is -0.323 e. The number of carbonyl (C=O) groups is 1. The Labute approximate surface area is 156 Å². The molecule has 1 aromatic carbocycles. The topological polar surface area (TPSA) is 95.1 Å². The summed E-state index contributed by atoms with van der Waals surface area (Å²) in [6, 6.07) is 6.92. The van der Waals surface area contributed by atoms with Crippen molar-refractivity contribution in [3.63, 3.8) is 0 Å². The highest BCUT2D eigenvalue weighted by Gasteiger charge is 2.16. The lowest BCUT2D eigenvalue weighted by Crippen LogP contribution is -2.55. The fraction of sp³-hybridized carbons (Fsp3) is 0.176. The van der Waals surface area contributed by atoms with Crippen molar-refractivity contribution in [3.05, 3.63) is 85.5 Å². The summed E-state index contributed by atoms with van der Waals surface area (Å²) in [5.74, 6) is -0.579. The summed E-state index contributed by atoms with van der Waals surface area (Å²) in [5, 5.41) is 2.61. The molecule has 2 aromatic rings. The van der Waals surface area contributed by atoms with Crippen molar-refractivity contribution in [3.8, 4) is 0 Å². The Morgan fingerprint density at radius 2 is 1.46 bits per heavy atom. The molecule has 0 aliphatic heterocycles. The van der Waals surface area contributed by atoms with Gasteiger partial charge >= 0.3 is 17.1 Å². The second-order valence-corrected chi connectivity index (χ2v) is 6.11. The summed E-state index contributed by atoms with van der Waals surface area (Å²) in [4.78, 5) is 49.5. The number of nitrogens with one attached hydrogen (secondary N) is 1. The van der Waals surface area contributed by atoms with Crippen LogP contribution in [-0.2, 0) is 24.4 Å². The van der Waals surface area contributed by atoms with Gasteiger partial charge in [0, 0.05) is 4.47 Å². The first-order valence-electron chi connectivity index (χ1n) is 7.61. The average molecular weight is 421 g/mol. The van der Waals surface area contributed by atoms with E-state index in [1.165, 1.54) is 12.2 Å². The van der Waals surface area contributed by atoms with Crippen molar-refractivity contribution >= 4 is 27.5 Å². The molecule has 0 bridgehead atoms. The number of nitrogens with zero attached hydrogens (tertiary/aromatic N) is 3. The molecule has 0 unspecified atom stereocenters. The molecule has 0 saturated carbocycles. The van der Waals surface area contributed by atoms with Crippen LogP contribution in [0.5, 0.6) is 0 Å². The van der Waals surface area contributed by atoms with Crippen molar-refractivity contribution in [1.29, 1.82) is 0 Å². The van der Waals surface area contributed by atoms with E-state index in [-0.39, 0.29) is 13.1 Å². The highest BCUT2D eigenvalue weighted by molar-refractivity contribution is 9.10. The summed E-state index contributed by atoms with van der Waals surface area (Å²) >= 11 is 3.30. The van der Waals surface area contributed by atoms with Crippen molar-refractivity contribution in [2.45, 2.75) is 19.6 Å². The van der Waals surface area contributed by atoms with E-state index >= 15 is 0 Å². The van der Waals surface area contributed by atoms with Crippen molar-refractivity contribution in [2.24, 2.45) is 0 Å². The van der Waals surface area contributed by atoms with Crippen LogP contribution in [-0.4, -0.2) is 19.6 Å². The molecule has 136 valence electrons. The van der Waals surface area contributed by atoms with Gasteiger partial charge in [-0.1, -0.05) is 24.3 Å². The standard InChI is InChI=1S/C17H17BrN4O4/c1-3-9-20-15(24)21(10-4-2)17(26)22(16(20)25)11-14(23)19-13-8-6-5-7-12(13)18/h3-8H,1-2,9-11H2,(H,19,23). The third kappa shape index (κ3) is 3.99. The lowest BCUT2D eigenvalue weighted by Gasteiger charge is -2.12. The van der Waals surface area contributed by atoms with Crippen LogP contribution < -0.4 is 22.4 Å². The number of amides is 1. The highest BCUT2D eigenvalue weighted by Crippen LogP contribution is 2.20. The molecule has 1 N–H and O–H groups in total. The molecule has 9 heteroatoms. The van der Waals surface area contributed by atoms with Crippen molar-refractivity contribution in [2.75, 3.05) is 5.32 Å². The second-order valence-electron chi connectivity index (χ2n) is 5.26. The smallest absolute Gasteiger partial charge is 0.323 e. The Bertz CT molecular complexity index is 984. The maximum Gasteiger partial charge on any atom is 0.337 e. The van der Waals surface area contributed by atoms with E-state index in [4.69, 9.17) is 0 Å². The predicted molar refractivity (Wildman–Crippen MR) is 102 cm³/mol. The molecule has 2 rings (SSSR count). The zero-order valence-electron chi connectivity index (χ0n) is 13.9. The largest absolute Gasteiger partial charge is 0.337 e. The molecule has 0 aliphatic carbocycles. The third-order valence-corrected chi connectivity index (χ3v) is 4.15. The van der Waals surface area contributed by atoms with Crippen LogP contribution in [0.15, 0.2) is 68.4 Å². The van der Waals surface area contributed by atoms with E-state index in [1.54, 1.807) is 24.3 Å². The SMILES string of the molecule is C=CCn1c(=O)n(CC=C)c(=O)n(CC(=O)Nc2ccccc2Br)c1=O. The lowest BCUT2D eigenvalue weighted by atomic mass is 10.3. The molecule has 1 heterocycles. The summed E-state index contributed by atoms with van der Waals surface area (Å²) in [5.41, 5.74) is -2.02. The van der Waals surface area contributed by atoms with Gasteiger partial charge in [-0.25, -0.2) is 28.1 Å². The highest BCUT2D eigenvalue weighted by atomic mass is 79.9. The second kappa shape index (κ2) is 8.43. The third-order valence-electron chi connectivity index (χ3n) is 3.46. The normalized spacial score (nSPS) is 10.3. The van der Waals surface area contributed by atoms with E-state index in [0.717, 1.165) is 9.13 Å². The Hall–Kier alpha value is -2.94. The predicted octanol–water partition coefficient (Wildman–Crippen LogP) is 0.945. The number of rotatable bonds is 7. The zero-order chi connectivity index (χ0) is 19.3. The number of hydrogen-bond acceptors (Lipinski definition) is 4. The molecule has 0 atom stereocenters.